The summed E-state index contributed by atoms with van der Waals surface area (Å²) >= 11 is 8.90. The second-order valence-electron chi connectivity index (χ2n) is 37.2. The molecule has 12 heterocycles. The number of thiophene rings is 5. The Bertz CT molecular complexity index is 10600. The van der Waals surface area contributed by atoms with E-state index in [0.29, 0.717) is 5.82 Å². The average molecular weight is 1970 g/mol. The lowest BCUT2D eigenvalue weighted by Gasteiger charge is -2.10. The summed E-state index contributed by atoms with van der Waals surface area (Å²) in [6.45, 7) is 0. The molecule has 0 saturated heterocycles. The van der Waals surface area contributed by atoms with E-state index in [1.807, 2.05) is 34.8 Å². The van der Waals surface area contributed by atoms with Gasteiger partial charge in [0, 0.05) is 180 Å². The predicted molar refractivity (Wildman–Crippen MR) is 624 cm³/mol. The van der Waals surface area contributed by atoms with Gasteiger partial charge in [-0.25, -0.2) is 29.9 Å². The van der Waals surface area contributed by atoms with E-state index in [1.54, 1.807) is 34.0 Å². The van der Waals surface area contributed by atoms with Crippen molar-refractivity contribution in [3.63, 3.8) is 0 Å². The molecule has 0 radical (unpaired) electrons. The molecule has 0 aliphatic heterocycles. The summed E-state index contributed by atoms with van der Waals surface area (Å²) in [6, 6.07) is 166. The van der Waals surface area contributed by atoms with Crippen molar-refractivity contribution in [2.75, 3.05) is 0 Å². The van der Waals surface area contributed by atoms with Crippen molar-refractivity contribution in [1.82, 2.24) is 43.6 Å². The molecule has 12 aromatic heterocycles. The molecule has 0 aliphatic carbocycles. The van der Waals surface area contributed by atoms with Gasteiger partial charge in [0.1, 0.15) is 25.7 Å². The zero-order valence-electron chi connectivity index (χ0n) is 78.4. The van der Waals surface area contributed by atoms with Gasteiger partial charge in [0.15, 0.2) is 17.5 Å². The van der Waals surface area contributed by atoms with Crippen molar-refractivity contribution in [3.8, 4) is 107 Å². The third-order valence-electron chi connectivity index (χ3n) is 29.0. The highest BCUT2D eigenvalue weighted by Gasteiger charge is 2.30. The Morgan fingerprint density at radius 2 is 0.469 bits per heavy atom. The van der Waals surface area contributed by atoms with Crippen LogP contribution in [-0.2, 0) is 0 Å². The quantitative estimate of drug-likeness (QED) is 0.127. The Labute approximate surface area is 860 Å². The van der Waals surface area contributed by atoms with Gasteiger partial charge >= 0.3 is 0 Å². The normalized spacial score (nSPS) is 11.9. The minimum Gasteiger partial charge on any atom is -0.455 e. The number of hydrogen-bond acceptors (Lipinski definition) is 12. The van der Waals surface area contributed by atoms with E-state index in [1.165, 1.54) is 109 Å². The topological polar surface area (TPSA) is 105 Å². The third-order valence-corrected chi connectivity index (χ3v) is 34.6. The number of hydrogen-bond donors (Lipinski definition) is 0. The van der Waals surface area contributed by atoms with E-state index in [0.717, 1.165) is 181 Å². The van der Waals surface area contributed by atoms with Gasteiger partial charge in [-0.3, -0.25) is 0 Å². The molecular weight excluding hydrogens is 1890 g/mol. The minimum atomic E-state index is 0.694. The van der Waals surface area contributed by atoms with E-state index in [9.17, 15) is 0 Å². The van der Waals surface area contributed by atoms with Crippen LogP contribution in [0.3, 0.4) is 0 Å². The lowest BCUT2D eigenvalue weighted by Crippen LogP contribution is -1.95. The molecule has 686 valence electrons. The smallest absolute Gasteiger partial charge is 0.162 e. The summed E-state index contributed by atoms with van der Waals surface area (Å²) < 4.78 is 22.4. The summed E-state index contributed by atoms with van der Waals surface area (Å²) in [5, 5.41) is 21.1. The molecule has 147 heavy (non-hydrogen) atoms. The Kier molecular flexibility index (Phi) is 19.8. The first-order chi connectivity index (χ1) is 72.9. The summed E-state index contributed by atoms with van der Waals surface area (Å²) in [5.41, 5.74) is 25.9. The van der Waals surface area contributed by atoms with Gasteiger partial charge in [-0.05, 0) is 150 Å². The fourth-order valence-electron chi connectivity index (χ4n) is 22.5. The Morgan fingerprint density at radius 3 is 0.884 bits per heavy atom. The maximum absolute atomic E-state index is 6.60. The second-order valence-corrected chi connectivity index (χ2v) is 42.4. The monoisotopic (exact) mass is 1960 g/mol. The molecule has 20 aromatic carbocycles. The van der Waals surface area contributed by atoms with Crippen LogP contribution in [0.1, 0.15) is 0 Å². The molecule has 0 fully saturated rings. The minimum absolute atomic E-state index is 0.694. The highest BCUT2D eigenvalue weighted by atomic mass is 32.1. The molecule has 32 rings (SSSR count). The van der Waals surface area contributed by atoms with Gasteiger partial charge in [-0.1, -0.05) is 340 Å². The number of aromatic nitrogens is 9. The molecule has 0 unspecified atom stereocenters. The van der Waals surface area contributed by atoms with Gasteiger partial charge in [0.05, 0.1) is 50.2 Å². The van der Waals surface area contributed by atoms with E-state index < -0.39 is 0 Å². The van der Waals surface area contributed by atoms with E-state index in [-0.39, 0.29) is 0 Å². The molecule has 0 aliphatic rings. The summed E-state index contributed by atoms with van der Waals surface area (Å²) in [7, 11) is 0. The highest BCUT2D eigenvalue weighted by molar-refractivity contribution is 7.28. The Balaban J connectivity index is 0.000000102. The number of rotatable bonds is 11. The van der Waals surface area contributed by atoms with Crippen LogP contribution in [0.2, 0.25) is 0 Å². The molecule has 0 N–H and O–H groups in total. The predicted octanol–water partition coefficient (Wildman–Crippen LogP) is 37.8. The van der Waals surface area contributed by atoms with Gasteiger partial charge < -0.3 is 18.1 Å². The summed E-state index contributed by atoms with van der Waals surface area (Å²) in [5.74, 6) is 2.19. The molecule has 15 heteroatoms. The number of furan rings is 1. The van der Waals surface area contributed by atoms with Crippen LogP contribution in [0.5, 0.6) is 0 Å². The Hall–Kier alpha value is -18.1. The first kappa shape index (κ1) is 84.6. The fourth-order valence-corrected chi connectivity index (χ4v) is 28.2. The fraction of sp³-hybridized carbons (Fsp3) is 0. The largest absolute Gasteiger partial charge is 0.455 e. The maximum Gasteiger partial charge on any atom is 0.162 e. The lowest BCUT2D eigenvalue weighted by molar-refractivity contribution is 0.670. The zero-order valence-corrected chi connectivity index (χ0v) is 82.5. The first-order valence-corrected chi connectivity index (χ1v) is 53.3. The molecule has 0 atom stereocenters. The maximum atomic E-state index is 6.60. The van der Waals surface area contributed by atoms with Gasteiger partial charge in [-0.15, -0.1) is 56.7 Å². The van der Waals surface area contributed by atoms with Crippen molar-refractivity contribution in [2.45, 2.75) is 0 Å². The summed E-state index contributed by atoms with van der Waals surface area (Å²) in [6.07, 6.45) is 0. The van der Waals surface area contributed by atoms with Crippen molar-refractivity contribution in [2.24, 2.45) is 0 Å². The van der Waals surface area contributed by atoms with Crippen molar-refractivity contribution in [1.29, 1.82) is 0 Å². The summed E-state index contributed by atoms with van der Waals surface area (Å²) in [4.78, 5) is 35.7. The van der Waals surface area contributed by atoms with Crippen molar-refractivity contribution < 1.29 is 4.42 Å². The van der Waals surface area contributed by atoms with Crippen LogP contribution in [0.25, 0.3) is 296 Å². The highest BCUT2D eigenvalue weighted by Crippen LogP contribution is 2.53. The van der Waals surface area contributed by atoms with Crippen LogP contribution in [-0.4, -0.2) is 43.6 Å². The zero-order chi connectivity index (χ0) is 96.4. The SMILES string of the molecule is c1ccc(-c2ccc3c(c2)c2c(-c4nc(-c5cccc6c5oc5ccccc56)c5c(n4)sc4ccccc45)cccc2n3-c2ccccc2)cc1.c1ccc(-c2ccc3c(c2)c2c(-c4nc(-c5cccc6c5sc5ccccc56)c5c(n4)sc4ccccc45)cccc2n3-c2ccccc2)cc1.c1ccc(-n2c3ccccc3c3c(-c4nc(-c5cccc6c5sc5ccccc56)c5c(n4)sc4ccccc45)cccc32)cc1. The van der Waals surface area contributed by atoms with Crippen LogP contribution in [0, 0.1) is 0 Å². The average Bonchev–Trinajstić information content (AvgIpc) is 1.62. The Morgan fingerprint density at radius 1 is 0.177 bits per heavy atom. The van der Waals surface area contributed by atoms with Crippen LogP contribution >= 0.6 is 56.7 Å². The molecule has 10 nitrogen and oxygen atoms in total. The number of nitrogens with zero attached hydrogens (tertiary/aromatic N) is 9. The standard InChI is InChI=1S/C46H27N3OS.C46H27N3S2.C40H23N3S2/c2*1-3-13-28(14-4-1)29-25-26-37-36(27-29)41-34(20-12-22-38(41)49(37)30-15-5-2-6-16-30)45-47-43(42-33-18-8-10-24-40(33)51-46(42)48-45)35-21-11-19-32-31-17-7-9-23-39(31)50-44(32)35;1-2-12-24(13-3-1)43-31-20-7-4-15-27(31)35-29(18-11-21-32(35)43)39-41-37(36-28-16-6-9-23-34(28)45-40(36)42-39)30-19-10-17-26-25-14-5-8-22-33(25)44-38(26)30/h2*1-27H;1-23H. The van der Waals surface area contributed by atoms with Crippen LogP contribution < -0.4 is 0 Å². The number of fused-ring (bicyclic) bond motifs is 27. The lowest BCUT2D eigenvalue weighted by atomic mass is 10.00. The van der Waals surface area contributed by atoms with E-state index in [2.05, 4.69) is 469 Å². The molecule has 0 spiro atoms. The molecule has 0 amide bonds. The number of benzene rings is 20. The molecule has 32 aromatic rings. The molecular formula is C132H77N9OS5. The van der Waals surface area contributed by atoms with Gasteiger partial charge in [0.2, 0.25) is 0 Å². The second kappa shape index (κ2) is 34.4. The number of para-hydroxylation sites is 6. The van der Waals surface area contributed by atoms with Gasteiger partial charge in [-0.2, -0.15) is 0 Å². The van der Waals surface area contributed by atoms with Crippen molar-refractivity contribution in [3.05, 3.63) is 467 Å². The van der Waals surface area contributed by atoms with Crippen LogP contribution in [0.4, 0.5) is 0 Å². The first-order valence-electron chi connectivity index (χ1n) is 49.2. The van der Waals surface area contributed by atoms with Crippen molar-refractivity contribution >= 4 is 245 Å². The van der Waals surface area contributed by atoms with E-state index >= 15 is 0 Å². The third kappa shape index (κ3) is 13.7. The van der Waals surface area contributed by atoms with Crippen LogP contribution in [0.15, 0.2) is 472 Å². The van der Waals surface area contributed by atoms with Gasteiger partial charge in [0.25, 0.3) is 0 Å². The van der Waals surface area contributed by atoms with E-state index in [4.69, 9.17) is 34.3 Å². The molecule has 0 saturated carbocycles. The molecule has 0 bridgehead atoms.